The van der Waals surface area contributed by atoms with Gasteiger partial charge in [-0.2, -0.15) is 9.97 Å². The number of nitrogens with one attached hydrogen (secondary N) is 2. The molecule has 0 aromatic carbocycles. The molecule has 1 fully saturated rings. The lowest BCUT2D eigenvalue weighted by molar-refractivity contribution is 0.481. The predicted molar refractivity (Wildman–Crippen MR) is 75.7 cm³/mol. The smallest absolute Gasteiger partial charge is 0.223 e. The molecular weight excluding hydrogens is 226 g/mol. The van der Waals surface area contributed by atoms with E-state index in [-0.39, 0.29) is 0 Å². The number of aromatic nitrogens is 2. The van der Waals surface area contributed by atoms with E-state index in [1.54, 1.807) is 0 Å². The summed E-state index contributed by atoms with van der Waals surface area (Å²) in [6.07, 6.45) is 5.33. The van der Waals surface area contributed by atoms with Gasteiger partial charge in [-0.1, -0.05) is 12.8 Å². The van der Waals surface area contributed by atoms with E-state index in [9.17, 15) is 0 Å². The summed E-state index contributed by atoms with van der Waals surface area (Å²) >= 11 is 0. The van der Waals surface area contributed by atoms with Crippen molar-refractivity contribution in [3.05, 3.63) is 6.07 Å². The monoisotopic (exact) mass is 249 g/mol. The summed E-state index contributed by atoms with van der Waals surface area (Å²) in [5, 5.41) is 6.61. The van der Waals surface area contributed by atoms with Crippen molar-refractivity contribution in [2.45, 2.75) is 45.6 Å². The molecule has 4 N–H and O–H groups in total. The highest BCUT2D eigenvalue weighted by Crippen LogP contribution is 2.29. The van der Waals surface area contributed by atoms with Crippen LogP contribution >= 0.6 is 0 Å². The largest absolute Gasteiger partial charge is 0.370 e. The topological polar surface area (TPSA) is 75.9 Å². The van der Waals surface area contributed by atoms with Crippen molar-refractivity contribution in [3.63, 3.8) is 0 Å². The standard InChI is InChI=1S/C13H23N5/c1-3-15-11-8-12(18-13(14)17-11)16-9(2)10-6-4-5-7-10/h8-10H,3-7H2,1-2H3,(H4,14,15,16,17,18). The fraction of sp³-hybridized carbons (Fsp3) is 0.692. The van der Waals surface area contributed by atoms with E-state index in [0.29, 0.717) is 12.0 Å². The quantitative estimate of drug-likeness (QED) is 0.747. The Morgan fingerprint density at radius 3 is 2.67 bits per heavy atom. The lowest BCUT2D eigenvalue weighted by atomic mass is 10.00. The number of anilines is 3. The zero-order valence-corrected chi connectivity index (χ0v) is 11.2. The maximum absolute atomic E-state index is 5.72. The Kier molecular flexibility index (Phi) is 4.23. The van der Waals surface area contributed by atoms with Crippen molar-refractivity contribution in [2.75, 3.05) is 22.9 Å². The molecule has 0 spiro atoms. The highest BCUT2D eigenvalue weighted by molar-refractivity contribution is 5.51. The first-order valence-corrected chi connectivity index (χ1v) is 6.84. The Bertz CT molecular complexity index is 387. The summed E-state index contributed by atoms with van der Waals surface area (Å²) < 4.78 is 0. The summed E-state index contributed by atoms with van der Waals surface area (Å²) in [5.74, 6) is 2.67. The summed E-state index contributed by atoms with van der Waals surface area (Å²) in [4.78, 5) is 8.39. The number of hydrogen-bond donors (Lipinski definition) is 3. The average molecular weight is 249 g/mol. The minimum absolute atomic E-state index is 0.314. The van der Waals surface area contributed by atoms with E-state index in [1.165, 1.54) is 25.7 Å². The fourth-order valence-corrected chi connectivity index (χ4v) is 2.62. The van der Waals surface area contributed by atoms with Gasteiger partial charge in [0, 0.05) is 18.7 Å². The molecule has 0 aliphatic heterocycles. The number of nitrogens with two attached hydrogens (primary N) is 1. The van der Waals surface area contributed by atoms with Crippen LogP contribution in [0.25, 0.3) is 0 Å². The van der Waals surface area contributed by atoms with Crippen molar-refractivity contribution in [1.82, 2.24) is 9.97 Å². The molecule has 1 atom stereocenters. The molecule has 5 heteroatoms. The van der Waals surface area contributed by atoms with Crippen LogP contribution in [0.4, 0.5) is 17.6 Å². The molecule has 1 aliphatic rings. The number of hydrogen-bond acceptors (Lipinski definition) is 5. The third kappa shape index (κ3) is 3.24. The van der Waals surface area contributed by atoms with Gasteiger partial charge < -0.3 is 16.4 Å². The van der Waals surface area contributed by atoms with Gasteiger partial charge in [0.2, 0.25) is 5.95 Å². The van der Waals surface area contributed by atoms with Crippen molar-refractivity contribution in [1.29, 1.82) is 0 Å². The third-order valence-electron chi connectivity index (χ3n) is 3.58. The molecule has 100 valence electrons. The lowest BCUT2D eigenvalue weighted by Gasteiger charge is -2.21. The van der Waals surface area contributed by atoms with Crippen LogP contribution in [-0.2, 0) is 0 Å². The first-order chi connectivity index (χ1) is 8.69. The van der Waals surface area contributed by atoms with Gasteiger partial charge in [0.1, 0.15) is 11.6 Å². The van der Waals surface area contributed by atoms with Gasteiger partial charge in [-0.15, -0.1) is 0 Å². The van der Waals surface area contributed by atoms with Crippen LogP contribution < -0.4 is 16.4 Å². The van der Waals surface area contributed by atoms with Crippen LogP contribution in [0.15, 0.2) is 6.07 Å². The van der Waals surface area contributed by atoms with E-state index < -0.39 is 0 Å². The van der Waals surface area contributed by atoms with Gasteiger partial charge in [-0.3, -0.25) is 0 Å². The molecule has 1 aromatic rings. The van der Waals surface area contributed by atoms with E-state index in [2.05, 4.69) is 27.5 Å². The van der Waals surface area contributed by atoms with Crippen LogP contribution in [0.2, 0.25) is 0 Å². The molecule has 2 rings (SSSR count). The first kappa shape index (κ1) is 12.9. The van der Waals surface area contributed by atoms with Gasteiger partial charge in [-0.05, 0) is 32.6 Å². The predicted octanol–water partition coefficient (Wildman–Crippen LogP) is 2.48. The Morgan fingerprint density at radius 1 is 1.33 bits per heavy atom. The van der Waals surface area contributed by atoms with E-state index >= 15 is 0 Å². The molecule has 0 saturated heterocycles. The summed E-state index contributed by atoms with van der Waals surface area (Å²) in [7, 11) is 0. The van der Waals surface area contributed by atoms with Crippen LogP contribution in [0.3, 0.4) is 0 Å². The Hall–Kier alpha value is -1.52. The molecular formula is C13H23N5. The normalized spacial score (nSPS) is 17.7. The zero-order chi connectivity index (χ0) is 13.0. The molecule has 0 bridgehead atoms. The van der Waals surface area contributed by atoms with Crippen LogP contribution in [0, 0.1) is 5.92 Å². The molecule has 0 amide bonds. The maximum Gasteiger partial charge on any atom is 0.223 e. The lowest BCUT2D eigenvalue weighted by Crippen LogP contribution is -2.24. The molecule has 1 unspecified atom stereocenters. The second-order valence-corrected chi connectivity index (χ2v) is 5.00. The zero-order valence-electron chi connectivity index (χ0n) is 11.2. The molecule has 5 nitrogen and oxygen atoms in total. The first-order valence-electron chi connectivity index (χ1n) is 6.84. The van der Waals surface area contributed by atoms with E-state index in [1.807, 2.05) is 13.0 Å². The SMILES string of the molecule is CCNc1cc(NC(C)C2CCCC2)nc(N)n1. The Balaban J connectivity index is 2.03. The molecule has 0 radical (unpaired) electrons. The second kappa shape index (κ2) is 5.89. The summed E-state index contributed by atoms with van der Waals surface area (Å²) in [6.45, 7) is 5.09. The van der Waals surface area contributed by atoms with Gasteiger partial charge >= 0.3 is 0 Å². The average Bonchev–Trinajstić information content (AvgIpc) is 2.81. The molecule has 1 aromatic heterocycles. The molecule has 1 aliphatic carbocycles. The number of rotatable bonds is 5. The third-order valence-corrected chi connectivity index (χ3v) is 3.58. The van der Waals surface area contributed by atoms with Crippen LogP contribution in [0.5, 0.6) is 0 Å². The van der Waals surface area contributed by atoms with Gasteiger partial charge in [0.25, 0.3) is 0 Å². The number of nitrogens with zero attached hydrogens (tertiary/aromatic N) is 2. The minimum Gasteiger partial charge on any atom is -0.370 e. The Labute approximate surface area is 109 Å². The van der Waals surface area contributed by atoms with E-state index in [4.69, 9.17) is 5.73 Å². The Morgan fingerprint density at radius 2 is 2.00 bits per heavy atom. The number of nitrogen functional groups attached to an aromatic ring is 1. The minimum atomic E-state index is 0.314. The second-order valence-electron chi connectivity index (χ2n) is 5.00. The van der Waals surface area contributed by atoms with Crippen LogP contribution in [-0.4, -0.2) is 22.6 Å². The van der Waals surface area contributed by atoms with Gasteiger partial charge in [-0.25, -0.2) is 0 Å². The van der Waals surface area contributed by atoms with Crippen molar-refractivity contribution >= 4 is 17.6 Å². The highest BCUT2D eigenvalue weighted by Gasteiger charge is 2.21. The fourth-order valence-electron chi connectivity index (χ4n) is 2.62. The highest BCUT2D eigenvalue weighted by atomic mass is 15.1. The molecule has 18 heavy (non-hydrogen) atoms. The van der Waals surface area contributed by atoms with Crippen molar-refractivity contribution in [3.8, 4) is 0 Å². The van der Waals surface area contributed by atoms with E-state index in [0.717, 1.165) is 24.1 Å². The van der Waals surface area contributed by atoms with Gasteiger partial charge in [0.05, 0.1) is 0 Å². The van der Waals surface area contributed by atoms with Gasteiger partial charge in [0.15, 0.2) is 0 Å². The molecule has 1 saturated carbocycles. The van der Waals surface area contributed by atoms with Crippen LogP contribution in [0.1, 0.15) is 39.5 Å². The summed E-state index contributed by atoms with van der Waals surface area (Å²) in [6, 6.07) is 2.36. The van der Waals surface area contributed by atoms with Crippen molar-refractivity contribution < 1.29 is 0 Å². The van der Waals surface area contributed by atoms with Crippen molar-refractivity contribution in [2.24, 2.45) is 5.92 Å². The summed E-state index contributed by atoms with van der Waals surface area (Å²) in [5.41, 5.74) is 5.72. The maximum atomic E-state index is 5.72. The molecule has 1 heterocycles.